The minimum absolute atomic E-state index is 0.223. The molecule has 4 aliphatic carbocycles. The standard InChI is InChI=1S/C25H41FO5S/c1-16(4-6-18(27)15-26)21-8-9-22-20-7-5-17-14-19(31-32(28,29)30)10-12-24(17,2)23(20)11-13-25(21,22)3/h16-17,19-23H,4-15H2,1-3H3,(H,28,29,30)/t16-,17+,19+,20-,21+,22-,23-,24-,25+/m0/s1. The fraction of sp³-hybridized carbons (Fsp3) is 0.960. The Kier molecular flexibility index (Phi) is 6.85. The van der Waals surface area contributed by atoms with E-state index >= 15 is 0 Å². The third-order valence-corrected chi connectivity index (χ3v) is 11.2. The summed E-state index contributed by atoms with van der Waals surface area (Å²) >= 11 is 0. The SMILES string of the molecule is C[C@@H](CCC(=O)CF)[C@H]1CC[C@H]2[C@@H]3CC[C@@H]4C[C@H](OS(=O)(=O)O)CC[C@]4(C)[C@H]3CC[C@]12C. The molecule has 0 aliphatic heterocycles. The Morgan fingerprint density at radius 2 is 1.75 bits per heavy atom. The van der Waals surface area contributed by atoms with Gasteiger partial charge in [-0.2, -0.15) is 8.42 Å². The first kappa shape index (κ1) is 24.6. The van der Waals surface area contributed by atoms with E-state index in [1.807, 2.05) is 0 Å². The highest BCUT2D eigenvalue weighted by molar-refractivity contribution is 7.80. The zero-order valence-electron chi connectivity index (χ0n) is 19.9. The summed E-state index contributed by atoms with van der Waals surface area (Å²) in [5, 5.41) is 0. The van der Waals surface area contributed by atoms with E-state index in [0.29, 0.717) is 41.9 Å². The van der Waals surface area contributed by atoms with Crippen molar-refractivity contribution < 1.29 is 26.3 Å². The minimum Gasteiger partial charge on any atom is -0.297 e. The van der Waals surface area contributed by atoms with Crippen molar-refractivity contribution in [3.63, 3.8) is 0 Å². The molecule has 4 saturated carbocycles. The van der Waals surface area contributed by atoms with Gasteiger partial charge in [-0.05, 0) is 111 Å². The van der Waals surface area contributed by atoms with Crippen molar-refractivity contribution in [2.45, 2.75) is 97.5 Å². The molecule has 9 atom stereocenters. The first-order valence-electron chi connectivity index (χ1n) is 12.7. The van der Waals surface area contributed by atoms with Gasteiger partial charge in [-0.15, -0.1) is 0 Å². The van der Waals surface area contributed by atoms with Crippen LogP contribution < -0.4 is 0 Å². The maximum Gasteiger partial charge on any atom is 0.397 e. The predicted molar refractivity (Wildman–Crippen MR) is 121 cm³/mol. The molecule has 0 aromatic rings. The number of hydrogen-bond acceptors (Lipinski definition) is 4. The van der Waals surface area contributed by atoms with Gasteiger partial charge in [0.15, 0.2) is 5.78 Å². The number of fused-ring (bicyclic) bond motifs is 5. The third-order valence-electron chi connectivity index (χ3n) is 10.7. The molecule has 0 bridgehead atoms. The number of rotatable bonds is 7. The lowest BCUT2D eigenvalue weighted by Gasteiger charge is -2.61. The molecule has 32 heavy (non-hydrogen) atoms. The van der Waals surface area contributed by atoms with Crippen molar-refractivity contribution in [3.8, 4) is 0 Å². The highest BCUT2D eigenvalue weighted by Gasteiger charge is 2.60. The van der Waals surface area contributed by atoms with Crippen LogP contribution >= 0.6 is 0 Å². The molecule has 0 heterocycles. The van der Waals surface area contributed by atoms with Gasteiger partial charge >= 0.3 is 10.4 Å². The van der Waals surface area contributed by atoms with Crippen LogP contribution in [-0.2, 0) is 19.4 Å². The van der Waals surface area contributed by atoms with Gasteiger partial charge in [0.1, 0.15) is 6.67 Å². The largest absolute Gasteiger partial charge is 0.397 e. The summed E-state index contributed by atoms with van der Waals surface area (Å²) in [6.45, 7) is 6.35. The molecular weight excluding hydrogens is 431 g/mol. The Morgan fingerprint density at radius 1 is 1.06 bits per heavy atom. The van der Waals surface area contributed by atoms with E-state index in [-0.39, 0.29) is 11.2 Å². The van der Waals surface area contributed by atoms with Crippen molar-refractivity contribution in [3.05, 3.63) is 0 Å². The minimum atomic E-state index is -4.39. The Hall–Kier alpha value is -0.530. The van der Waals surface area contributed by atoms with Crippen LogP contribution in [0.25, 0.3) is 0 Å². The van der Waals surface area contributed by atoms with Crippen LogP contribution in [0, 0.1) is 46.3 Å². The second-order valence-corrected chi connectivity index (χ2v) is 13.0. The normalized spacial score (nSPS) is 44.9. The number of carbonyl (C=O) groups excluding carboxylic acids is 1. The third kappa shape index (κ3) is 4.43. The van der Waals surface area contributed by atoms with Gasteiger partial charge in [-0.25, -0.2) is 8.57 Å². The number of halogens is 1. The summed E-state index contributed by atoms with van der Waals surface area (Å²) in [5.41, 5.74) is 0.536. The zero-order valence-corrected chi connectivity index (χ0v) is 20.7. The molecule has 0 aromatic heterocycles. The van der Waals surface area contributed by atoms with Crippen LogP contribution in [0.1, 0.15) is 91.4 Å². The molecule has 0 unspecified atom stereocenters. The maximum atomic E-state index is 12.6. The Balaban J connectivity index is 1.45. The van der Waals surface area contributed by atoms with Crippen LogP contribution in [0.15, 0.2) is 0 Å². The molecule has 0 radical (unpaired) electrons. The van der Waals surface area contributed by atoms with Gasteiger partial charge in [0.25, 0.3) is 0 Å². The number of hydrogen-bond donors (Lipinski definition) is 1. The first-order chi connectivity index (χ1) is 15.0. The van der Waals surface area contributed by atoms with Gasteiger partial charge in [-0.3, -0.25) is 9.35 Å². The topological polar surface area (TPSA) is 80.7 Å². The number of alkyl halides is 1. The molecular formula is C25H41FO5S. The highest BCUT2D eigenvalue weighted by atomic mass is 32.3. The monoisotopic (exact) mass is 472 g/mol. The number of carbonyl (C=O) groups is 1. The highest BCUT2D eigenvalue weighted by Crippen LogP contribution is 2.68. The molecule has 7 heteroatoms. The van der Waals surface area contributed by atoms with E-state index in [1.54, 1.807) is 0 Å². The predicted octanol–water partition coefficient (Wildman–Crippen LogP) is 5.79. The van der Waals surface area contributed by atoms with Crippen molar-refractivity contribution in [1.29, 1.82) is 0 Å². The zero-order chi connectivity index (χ0) is 23.3. The number of Topliss-reactive ketones (excluding diaryl/α,β-unsaturated/α-hetero) is 1. The molecule has 4 fully saturated rings. The van der Waals surface area contributed by atoms with Gasteiger partial charge < -0.3 is 0 Å². The quantitative estimate of drug-likeness (QED) is 0.475. The lowest BCUT2D eigenvalue weighted by molar-refractivity contribution is -0.127. The van der Waals surface area contributed by atoms with E-state index in [1.165, 1.54) is 32.1 Å². The van der Waals surface area contributed by atoms with Crippen molar-refractivity contribution in [2.75, 3.05) is 6.67 Å². The average molecular weight is 473 g/mol. The smallest absolute Gasteiger partial charge is 0.297 e. The van der Waals surface area contributed by atoms with Crippen molar-refractivity contribution >= 4 is 16.2 Å². The Bertz CT molecular complexity index is 815. The van der Waals surface area contributed by atoms with Crippen LogP contribution in [0.2, 0.25) is 0 Å². The summed E-state index contributed by atoms with van der Waals surface area (Å²) < 4.78 is 49.1. The summed E-state index contributed by atoms with van der Waals surface area (Å²) in [6.07, 6.45) is 10.4. The van der Waals surface area contributed by atoms with E-state index < -0.39 is 23.2 Å². The second kappa shape index (κ2) is 8.92. The van der Waals surface area contributed by atoms with Gasteiger partial charge in [0, 0.05) is 6.42 Å². The lowest BCUT2D eigenvalue weighted by Crippen LogP contribution is -2.54. The van der Waals surface area contributed by atoms with Gasteiger partial charge in [-0.1, -0.05) is 20.8 Å². The van der Waals surface area contributed by atoms with E-state index in [4.69, 9.17) is 8.74 Å². The Labute approximate surface area is 193 Å². The van der Waals surface area contributed by atoms with E-state index in [9.17, 15) is 17.6 Å². The molecule has 0 aromatic carbocycles. The first-order valence-corrected chi connectivity index (χ1v) is 14.1. The summed E-state index contributed by atoms with van der Waals surface area (Å²) in [4.78, 5) is 11.5. The maximum absolute atomic E-state index is 12.6. The molecule has 0 amide bonds. The molecule has 1 N–H and O–H groups in total. The Morgan fingerprint density at radius 3 is 2.44 bits per heavy atom. The van der Waals surface area contributed by atoms with E-state index in [0.717, 1.165) is 37.5 Å². The van der Waals surface area contributed by atoms with Crippen molar-refractivity contribution in [2.24, 2.45) is 46.3 Å². The van der Waals surface area contributed by atoms with Gasteiger partial charge in [0.05, 0.1) is 6.10 Å². The molecule has 4 aliphatic rings. The summed E-state index contributed by atoms with van der Waals surface area (Å²) in [7, 11) is -4.39. The molecule has 5 nitrogen and oxygen atoms in total. The van der Waals surface area contributed by atoms with Crippen molar-refractivity contribution in [1.82, 2.24) is 0 Å². The fourth-order valence-corrected chi connectivity index (χ4v) is 9.63. The van der Waals surface area contributed by atoms with Crippen LogP contribution in [0.5, 0.6) is 0 Å². The molecule has 0 saturated heterocycles. The van der Waals surface area contributed by atoms with Gasteiger partial charge in [0.2, 0.25) is 0 Å². The lowest BCUT2D eigenvalue weighted by atomic mass is 9.44. The molecule has 4 rings (SSSR count). The van der Waals surface area contributed by atoms with Crippen LogP contribution in [0.4, 0.5) is 4.39 Å². The summed E-state index contributed by atoms with van der Waals surface area (Å²) in [6, 6.07) is 0. The van der Waals surface area contributed by atoms with Crippen LogP contribution in [-0.4, -0.2) is 31.5 Å². The van der Waals surface area contributed by atoms with Crippen LogP contribution in [0.3, 0.4) is 0 Å². The molecule has 184 valence electrons. The number of ketones is 1. The second-order valence-electron chi connectivity index (χ2n) is 12.0. The molecule has 0 spiro atoms. The fourth-order valence-electron chi connectivity index (χ4n) is 9.11. The summed E-state index contributed by atoms with van der Waals surface area (Å²) in [5.74, 6) is 3.38. The van der Waals surface area contributed by atoms with E-state index in [2.05, 4.69) is 20.8 Å². The average Bonchev–Trinajstić information content (AvgIpc) is 3.08.